The summed E-state index contributed by atoms with van der Waals surface area (Å²) < 4.78 is 32.5. The summed E-state index contributed by atoms with van der Waals surface area (Å²) in [6.07, 6.45) is 0. The summed E-state index contributed by atoms with van der Waals surface area (Å²) in [5.41, 5.74) is -0.605. The first-order valence-corrected chi connectivity index (χ1v) is 7.74. The van der Waals surface area contributed by atoms with Gasteiger partial charge in [0, 0.05) is 23.9 Å². The summed E-state index contributed by atoms with van der Waals surface area (Å²) in [6.45, 7) is 5.26. The smallest absolute Gasteiger partial charge is 0.287 e. The van der Waals surface area contributed by atoms with Crippen molar-refractivity contribution >= 4 is 25.6 Å². The molecule has 6 nitrogen and oxygen atoms in total. The molecular weight excluding hydrogens is 294 g/mol. The van der Waals surface area contributed by atoms with Crippen molar-refractivity contribution in [2.45, 2.75) is 31.2 Å². The highest BCUT2D eigenvalue weighted by Crippen LogP contribution is 2.23. The van der Waals surface area contributed by atoms with Gasteiger partial charge in [-0.25, -0.2) is 8.42 Å². The van der Waals surface area contributed by atoms with Crippen molar-refractivity contribution in [2.24, 2.45) is 0 Å². The molecule has 1 N–H and O–H groups in total. The van der Waals surface area contributed by atoms with Crippen LogP contribution in [0.4, 0.5) is 0 Å². The van der Waals surface area contributed by atoms with E-state index in [-0.39, 0.29) is 16.4 Å². The molecule has 1 amide bonds. The molecule has 0 fully saturated rings. The lowest BCUT2D eigenvalue weighted by atomic mass is 10.1. The second kappa shape index (κ2) is 5.52. The lowest BCUT2D eigenvalue weighted by molar-refractivity contribution is 0.0792. The average molecular weight is 310 g/mol. The zero-order chi connectivity index (χ0) is 14.8. The van der Waals surface area contributed by atoms with E-state index in [1.807, 2.05) is 0 Å². The van der Waals surface area contributed by atoms with E-state index in [4.69, 9.17) is 19.8 Å². The van der Waals surface area contributed by atoms with Gasteiger partial charge in [0.05, 0.1) is 12.1 Å². The van der Waals surface area contributed by atoms with Crippen LogP contribution in [0.15, 0.2) is 15.4 Å². The Morgan fingerprint density at radius 1 is 1.53 bits per heavy atom. The first-order valence-electron chi connectivity index (χ1n) is 5.43. The Labute approximate surface area is 116 Å². The molecule has 0 radical (unpaired) electrons. The predicted molar refractivity (Wildman–Crippen MR) is 69.9 cm³/mol. The van der Waals surface area contributed by atoms with E-state index in [0.29, 0.717) is 6.61 Å². The van der Waals surface area contributed by atoms with Crippen molar-refractivity contribution in [2.75, 3.05) is 13.7 Å². The van der Waals surface area contributed by atoms with E-state index in [0.717, 1.165) is 6.07 Å². The highest BCUT2D eigenvalue weighted by Gasteiger charge is 2.26. The number of hydrogen-bond acceptors (Lipinski definition) is 5. The fraction of sp³-hybridized carbons (Fsp3) is 0.545. The summed E-state index contributed by atoms with van der Waals surface area (Å²) in [4.78, 5) is 11.7. The number of methoxy groups -OCH3 is 1. The maximum atomic E-state index is 11.9. The molecule has 0 bridgehead atoms. The van der Waals surface area contributed by atoms with Crippen LogP contribution in [0.1, 0.15) is 30.2 Å². The van der Waals surface area contributed by atoms with Crippen LogP contribution >= 0.6 is 10.7 Å². The van der Waals surface area contributed by atoms with Crippen molar-refractivity contribution in [1.29, 1.82) is 0 Å². The topological polar surface area (TPSA) is 85.6 Å². The number of furan rings is 1. The van der Waals surface area contributed by atoms with Crippen LogP contribution in [0.3, 0.4) is 0 Å². The molecule has 108 valence electrons. The van der Waals surface area contributed by atoms with Crippen LogP contribution in [0.5, 0.6) is 0 Å². The van der Waals surface area contributed by atoms with Gasteiger partial charge in [-0.2, -0.15) is 0 Å². The molecule has 0 spiro atoms. The minimum atomic E-state index is -3.93. The van der Waals surface area contributed by atoms with E-state index in [9.17, 15) is 13.2 Å². The van der Waals surface area contributed by atoms with Crippen molar-refractivity contribution in [1.82, 2.24) is 5.32 Å². The molecule has 0 saturated carbocycles. The van der Waals surface area contributed by atoms with Crippen molar-refractivity contribution in [3.05, 3.63) is 17.6 Å². The van der Waals surface area contributed by atoms with Crippen molar-refractivity contribution in [3.63, 3.8) is 0 Å². The van der Waals surface area contributed by atoms with Gasteiger partial charge in [-0.15, -0.1) is 0 Å². The normalized spacial score (nSPS) is 12.5. The average Bonchev–Trinajstić information content (AvgIpc) is 2.58. The highest BCUT2D eigenvalue weighted by molar-refractivity contribution is 8.13. The molecule has 19 heavy (non-hydrogen) atoms. The van der Waals surface area contributed by atoms with Gasteiger partial charge in [-0.05, 0) is 20.8 Å². The molecule has 1 heterocycles. The Morgan fingerprint density at radius 2 is 2.11 bits per heavy atom. The van der Waals surface area contributed by atoms with E-state index in [1.165, 1.54) is 14.0 Å². The fourth-order valence-electron chi connectivity index (χ4n) is 1.59. The zero-order valence-electron chi connectivity index (χ0n) is 11.1. The van der Waals surface area contributed by atoms with Gasteiger partial charge in [0.2, 0.25) is 0 Å². The Hall–Kier alpha value is -1.05. The minimum absolute atomic E-state index is 0.0738. The SMILES string of the molecule is COCC(C)(C)NC(=O)c1cc(S(=O)(=O)Cl)c(C)o1. The summed E-state index contributed by atoms with van der Waals surface area (Å²) in [5.74, 6) is -0.567. The number of nitrogens with one attached hydrogen (secondary N) is 1. The van der Waals surface area contributed by atoms with Crippen LogP contribution in [0.2, 0.25) is 0 Å². The van der Waals surface area contributed by atoms with Gasteiger partial charge < -0.3 is 14.5 Å². The molecule has 1 rings (SSSR count). The number of aryl methyl sites for hydroxylation is 1. The Bertz CT molecular complexity index is 576. The maximum Gasteiger partial charge on any atom is 0.287 e. The van der Waals surface area contributed by atoms with Crippen molar-refractivity contribution in [3.8, 4) is 0 Å². The summed E-state index contributed by atoms with van der Waals surface area (Å²) in [5, 5.41) is 2.67. The largest absolute Gasteiger partial charge is 0.455 e. The second-order valence-electron chi connectivity index (χ2n) is 4.74. The number of halogens is 1. The van der Waals surface area contributed by atoms with Gasteiger partial charge in [0.15, 0.2) is 5.76 Å². The lowest BCUT2D eigenvalue weighted by Gasteiger charge is -2.24. The Kier molecular flexibility index (Phi) is 4.65. The molecule has 0 unspecified atom stereocenters. The van der Waals surface area contributed by atoms with Gasteiger partial charge in [0.1, 0.15) is 10.7 Å². The number of hydrogen-bond donors (Lipinski definition) is 1. The number of carbonyl (C=O) groups is 1. The molecule has 8 heteroatoms. The number of amides is 1. The molecule has 0 aliphatic rings. The Balaban J connectivity index is 2.97. The molecule has 0 saturated heterocycles. The number of carbonyl (C=O) groups excluding carboxylic acids is 1. The number of rotatable bonds is 5. The fourth-order valence-corrected chi connectivity index (χ4v) is 2.68. The van der Waals surface area contributed by atoms with Crippen LogP contribution < -0.4 is 5.32 Å². The van der Waals surface area contributed by atoms with E-state index in [1.54, 1.807) is 13.8 Å². The molecule has 1 aromatic rings. The van der Waals surface area contributed by atoms with E-state index < -0.39 is 20.5 Å². The third-order valence-corrected chi connectivity index (χ3v) is 3.75. The molecule has 0 aliphatic heterocycles. The maximum absolute atomic E-state index is 11.9. The van der Waals surface area contributed by atoms with Crippen LogP contribution in [0.25, 0.3) is 0 Å². The summed E-state index contributed by atoms with van der Waals surface area (Å²) in [7, 11) is 2.82. The molecule has 0 aliphatic carbocycles. The van der Waals surface area contributed by atoms with Crippen LogP contribution in [-0.4, -0.2) is 33.6 Å². The van der Waals surface area contributed by atoms with Crippen LogP contribution in [-0.2, 0) is 13.8 Å². The molecule has 0 atom stereocenters. The number of ether oxygens (including phenoxy) is 1. The molecule has 1 aromatic heterocycles. The summed E-state index contributed by atoms with van der Waals surface area (Å²) in [6, 6.07) is 1.11. The third-order valence-electron chi connectivity index (χ3n) is 2.32. The Morgan fingerprint density at radius 3 is 2.53 bits per heavy atom. The van der Waals surface area contributed by atoms with Gasteiger partial charge in [-0.3, -0.25) is 4.79 Å². The van der Waals surface area contributed by atoms with Gasteiger partial charge in [0.25, 0.3) is 15.0 Å². The first-order chi connectivity index (χ1) is 8.57. The van der Waals surface area contributed by atoms with E-state index in [2.05, 4.69) is 5.32 Å². The third kappa shape index (κ3) is 4.22. The van der Waals surface area contributed by atoms with E-state index >= 15 is 0 Å². The summed E-state index contributed by atoms with van der Waals surface area (Å²) >= 11 is 0. The first kappa shape index (κ1) is 16.0. The lowest BCUT2D eigenvalue weighted by Crippen LogP contribution is -2.46. The van der Waals surface area contributed by atoms with Crippen LogP contribution in [0, 0.1) is 6.92 Å². The van der Waals surface area contributed by atoms with Gasteiger partial charge in [-0.1, -0.05) is 0 Å². The minimum Gasteiger partial charge on any atom is -0.455 e. The zero-order valence-corrected chi connectivity index (χ0v) is 12.7. The second-order valence-corrected chi connectivity index (χ2v) is 7.27. The monoisotopic (exact) mass is 309 g/mol. The van der Waals surface area contributed by atoms with Crippen molar-refractivity contribution < 1.29 is 22.4 Å². The van der Waals surface area contributed by atoms with Gasteiger partial charge >= 0.3 is 0 Å². The molecular formula is C11H16ClNO5S. The highest BCUT2D eigenvalue weighted by atomic mass is 35.7. The standard InChI is InChI=1S/C11H16ClNO5S/c1-7-9(19(12,15)16)5-8(18-7)10(14)13-11(2,3)6-17-4/h5H,6H2,1-4H3,(H,13,14). The quantitative estimate of drug-likeness (QED) is 0.836. The molecule has 0 aromatic carbocycles. The predicted octanol–water partition coefficient (Wildman–Crippen LogP) is 1.67.